The van der Waals surface area contributed by atoms with Crippen molar-refractivity contribution >= 4 is 39.0 Å². The molecule has 162 valence electrons. The number of thiophene rings is 1. The lowest BCUT2D eigenvalue weighted by Gasteiger charge is -2.11. The topological polar surface area (TPSA) is 95.2 Å². The summed E-state index contributed by atoms with van der Waals surface area (Å²) in [5, 5.41) is 16.3. The summed E-state index contributed by atoms with van der Waals surface area (Å²) in [5.74, 6) is 0.714. The van der Waals surface area contributed by atoms with Crippen LogP contribution in [0.5, 0.6) is 0 Å². The molecule has 8 heteroatoms. The van der Waals surface area contributed by atoms with Crippen LogP contribution in [-0.4, -0.2) is 36.2 Å². The zero-order chi connectivity index (χ0) is 22.4. The standard InChI is InChI=1S/C25H21N7S/c1-14(2)28-18-9-17(11-26-12-18)15-3-4-20-19(10-15)23(32-31-20)25-29-21-5-7-27-22(24(21)30-25)16-6-8-33-13-16/h3-14,28H,1-2H3,(H,29,30)(H,31,32). The van der Waals surface area contributed by atoms with Gasteiger partial charge >= 0.3 is 0 Å². The zero-order valence-electron chi connectivity index (χ0n) is 18.1. The molecule has 0 fully saturated rings. The molecule has 33 heavy (non-hydrogen) atoms. The SMILES string of the molecule is CC(C)Nc1cncc(-c2ccc3[nH]nc(-c4nc5c(-c6ccsc6)nccc5[nH]4)c3c2)c1. The molecule has 6 aromatic rings. The maximum atomic E-state index is 4.89. The quantitative estimate of drug-likeness (QED) is 0.294. The molecule has 0 radical (unpaired) electrons. The number of hydrogen-bond donors (Lipinski definition) is 3. The first-order valence-corrected chi connectivity index (χ1v) is 11.7. The van der Waals surface area contributed by atoms with E-state index >= 15 is 0 Å². The molecule has 5 heterocycles. The minimum atomic E-state index is 0.339. The number of aromatic amines is 2. The molecule has 0 saturated carbocycles. The molecule has 0 saturated heterocycles. The number of nitrogens with one attached hydrogen (secondary N) is 3. The van der Waals surface area contributed by atoms with E-state index in [4.69, 9.17) is 4.98 Å². The van der Waals surface area contributed by atoms with Crippen LogP contribution in [0.3, 0.4) is 0 Å². The highest BCUT2D eigenvalue weighted by Crippen LogP contribution is 2.33. The van der Waals surface area contributed by atoms with Gasteiger partial charge in [0, 0.05) is 46.5 Å². The van der Waals surface area contributed by atoms with Gasteiger partial charge in [0.15, 0.2) is 5.82 Å². The predicted molar refractivity (Wildman–Crippen MR) is 134 cm³/mol. The summed E-state index contributed by atoms with van der Waals surface area (Å²) >= 11 is 1.65. The maximum absolute atomic E-state index is 4.89. The van der Waals surface area contributed by atoms with Gasteiger partial charge in [0.05, 0.1) is 22.4 Å². The van der Waals surface area contributed by atoms with E-state index in [1.54, 1.807) is 11.3 Å². The van der Waals surface area contributed by atoms with E-state index in [1.807, 2.05) is 36.1 Å². The monoisotopic (exact) mass is 451 g/mol. The lowest BCUT2D eigenvalue weighted by molar-refractivity contribution is 0.898. The van der Waals surface area contributed by atoms with Crippen LogP contribution in [0.15, 0.2) is 65.7 Å². The van der Waals surface area contributed by atoms with Crippen LogP contribution < -0.4 is 5.32 Å². The highest BCUT2D eigenvalue weighted by Gasteiger charge is 2.16. The van der Waals surface area contributed by atoms with Crippen molar-refractivity contribution in [2.45, 2.75) is 19.9 Å². The van der Waals surface area contributed by atoms with Gasteiger partial charge in [0.2, 0.25) is 0 Å². The van der Waals surface area contributed by atoms with Gasteiger partial charge in [-0.15, -0.1) is 0 Å². The molecule has 0 unspecified atom stereocenters. The van der Waals surface area contributed by atoms with Crippen molar-refractivity contribution in [3.05, 3.63) is 65.7 Å². The first-order valence-electron chi connectivity index (χ1n) is 10.7. The van der Waals surface area contributed by atoms with Gasteiger partial charge in [0.1, 0.15) is 11.2 Å². The van der Waals surface area contributed by atoms with Crippen LogP contribution in [0.25, 0.3) is 55.8 Å². The van der Waals surface area contributed by atoms with E-state index in [0.29, 0.717) is 11.9 Å². The van der Waals surface area contributed by atoms with Gasteiger partial charge in [-0.3, -0.25) is 15.1 Å². The second-order valence-corrected chi connectivity index (χ2v) is 9.03. The molecule has 6 rings (SSSR count). The van der Waals surface area contributed by atoms with Crippen molar-refractivity contribution in [3.63, 3.8) is 0 Å². The Balaban J connectivity index is 1.45. The Morgan fingerprint density at radius 3 is 2.73 bits per heavy atom. The van der Waals surface area contributed by atoms with E-state index in [1.165, 1.54) is 0 Å². The predicted octanol–water partition coefficient (Wildman–Crippen LogP) is 6.11. The van der Waals surface area contributed by atoms with Crippen molar-refractivity contribution in [2.75, 3.05) is 5.32 Å². The van der Waals surface area contributed by atoms with E-state index in [0.717, 1.165) is 55.7 Å². The molecule has 0 spiro atoms. The number of H-pyrrole nitrogens is 2. The van der Waals surface area contributed by atoms with E-state index < -0.39 is 0 Å². The lowest BCUT2D eigenvalue weighted by atomic mass is 10.0. The lowest BCUT2D eigenvalue weighted by Crippen LogP contribution is -2.09. The van der Waals surface area contributed by atoms with Gasteiger partial charge in [-0.1, -0.05) is 6.07 Å². The largest absolute Gasteiger partial charge is 0.382 e. The van der Waals surface area contributed by atoms with E-state index in [9.17, 15) is 0 Å². The summed E-state index contributed by atoms with van der Waals surface area (Å²) in [5.41, 5.74) is 8.57. The van der Waals surface area contributed by atoms with Crippen LogP contribution in [0.1, 0.15) is 13.8 Å². The fourth-order valence-corrected chi connectivity index (χ4v) is 4.68. The van der Waals surface area contributed by atoms with Crippen LogP contribution in [0.2, 0.25) is 0 Å². The third kappa shape index (κ3) is 3.54. The number of anilines is 1. The number of pyridine rings is 2. The smallest absolute Gasteiger partial charge is 0.159 e. The average molecular weight is 452 g/mol. The van der Waals surface area contributed by atoms with E-state index in [-0.39, 0.29) is 0 Å². The van der Waals surface area contributed by atoms with E-state index in [2.05, 4.69) is 74.0 Å². The highest BCUT2D eigenvalue weighted by molar-refractivity contribution is 7.08. The number of benzene rings is 1. The Labute approximate surface area is 194 Å². The zero-order valence-corrected chi connectivity index (χ0v) is 18.9. The Hall–Kier alpha value is -4.04. The van der Waals surface area contributed by atoms with Crippen LogP contribution >= 0.6 is 11.3 Å². The molecule has 0 bridgehead atoms. The van der Waals surface area contributed by atoms with Crippen molar-refractivity contribution < 1.29 is 0 Å². The van der Waals surface area contributed by atoms with Crippen LogP contribution in [0, 0.1) is 0 Å². The summed E-state index contributed by atoms with van der Waals surface area (Å²) in [6.45, 7) is 4.23. The number of rotatable bonds is 5. The third-order valence-electron chi connectivity index (χ3n) is 5.51. The minimum Gasteiger partial charge on any atom is -0.382 e. The fraction of sp³-hybridized carbons (Fsp3) is 0.120. The second-order valence-electron chi connectivity index (χ2n) is 8.25. The summed E-state index contributed by atoms with van der Waals surface area (Å²) in [6.07, 6.45) is 5.54. The molecule has 7 nitrogen and oxygen atoms in total. The molecule has 0 aliphatic rings. The molecule has 0 aliphatic carbocycles. The van der Waals surface area contributed by atoms with Gasteiger partial charge < -0.3 is 10.3 Å². The summed E-state index contributed by atoms with van der Waals surface area (Å²) in [4.78, 5) is 17.3. The van der Waals surface area contributed by atoms with Gasteiger partial charge in [-0.05, 0) is 55.1 Å². The normalized spacial score (nSPS) is 11.6. The van der Waals surface area contributed by atoms with Crippen molar-refractivity contribution in [1.82, 2.24) is 30.1 Å². The molecular formula is C25H21N7S. The van der Waals surface area contributed by atoms with Crippen molar-refractivity contribution in [1.29, 1.82) is 0 Å². The highest BCUT2D eigenvalue weighted by atomic mass is 32.1. The Kier molecular flexibility index (Phi) is 4.66. The molecular weight excluding hydrogens is 430 g/mol. The molecule has 0 amide bonds. The Morgan fingerprint density at radius 2 is 1.88 bits per heavy atom. The van der Waals surface area contributed by atoms with Gasteiger partial charge in [0.25, 0.3) is 0 Å². The van der Waals surface area contributed by atoms with Crippen LogP contribution in [0.4, 0.5) is 5.69 Å². The minimum absolute atomic E-state index is 0.339. The number of hydrogen-bond acceptors (Lipinski definition) is 6. The Morgan fingerprint density at radius 1 is 0.939 bits per heavy atom. The molecule has 0 atom stereocenters. The van der Waals surface area contributed by atoms with Gasteiger partial charge in [-0.2, -0.15) is 16.4 Å². The van der Waals surface area contributed by atoms with Crippen molar-refractivity contribution in [3.8, 4) is 33.9 Å². The van der Waals surface area contributed by atoms with Crippen LogP contribution in [-0.2, 0) is 0 Å². The summed E-state index contributed by atoms with van der Waals surface area (Å²) < 4.78 is 0. The molecule has 1 aromatic carbocycles. The maximum Gasteiger partial charge on any atom is 0.159 e. The third-order valence-corrected chi connectivity index (χ3v) is 6.19. The second kappa shape index (κ2) is 7.83. The van der Waals surface area contributed by atoms with Gasteiger partial charge in [-0.25, -0.2) is 4.98 Å². The Bertz CT molecular complexity index is 1580. The fourth-order valence-electron chi connectivity index (χ4n) is 4.04. The number of fused-ring (bicyclic) bond motifs is 2. The number of imidazole rings is 1. The van der Waals surface area contributed by atoms with Crippen molar-refractivity contribution in [2.24, 2.45) is 0 Å². The molecule has 0 aliphatic heterocycles. The average Bonchev–Trinajstić information content (AvgIpc) is 3.57. The number of aromatic nitrogens is 6. The molecule has 5 aromatic heterocycles. The first kappa shape index (κ1) is 19.6. The summed E-state index contributed by atoms with van der Waals surface area (Å²) in [6, 6.07) is 12.7. The first-order chi connectivity index (χ1) is 16.2. The number of nitrogens with zero attached hydrogens (tertiary/aromatic N) is 4. The summed E-state index contributed by atoms with van der Waals surface area (Å²) in [7, 11) is 0. The molecule has 3 N–H and O–H groups in total.